The number of amides is 1. The van der Waals surface area contributed by atoms with Crippen molar-refractivity contribution in [3.8, 4) is 0 Å². The second-order valence-electron chi connectivity index (χ2n) is 6.72. The van der Waals surface area contributed by atoms with E-state index in [9.17, 15) is 4.79 Å². The maximum Gasteiger partial charge on any atom is 0.224 e. The van der Waals surface area contributed by atoms with Crippen LogP contribution in [-0.4, -0.2) is 16.1 Å². The van der Waals surface area contributed by atoms with Crippen molar-refractivity contribution in [3.63, 3.8) is 0 Å². The lowest BCUT2D eigenvalue weighted by molar-refractivity contribution is -0.116. The predicted octanol–water partition coefficient (Wildman–Crippen LogP) is 5.39. The van der Waals surface area contributed by atoms with E-state index < -0.39 is 0 Å². The molecule has 0 unspecified atom stereocenters. The third-order valence-electron chi connectivity index (χ3n) is 4.66. The van der Waals surface area contributed by atoms with Gasteiger partial charge in [-0.25, -0.2) is 0 Å². The molecule has 3 nitrogen and oxygen atoms in total. The van der Waals surface area contributed by atoms with Crippen LogP contribution in [0.1, 0.15) is 49.8 Å². The molecule has 1 heterocycles. The maximum absolute atomic E-state index is 12.2. The highest BCUT2D eigenvalue weighted by Crippen LogP contribution is 2.34. The van der Waals surface area contributed by atoms with Crippen molar-refractivity contribution < 1.29 is 4.79 Å². The smallest absolute Gasteiger partial charge is 0.224 e. The van der Waals surface area contributed by atoms with Crippen LogP contribution in [0, 0.1) is 6.92 Å². The molecule has 1 aromatic heterocycles. The molecule has 4 heteroatoms. The number of aryl methyl sites for hydroxylation is 2. The highest BCUT2D eigenvalue weighted by Gasteiger charge is 2.15. The van der Waals surface area contributed by atoms with Gasteiger partial charge in [-0.1, -0.05) is 25.3 Å². The Kier molecular flexibility index (Phi) is 6.51. The molecule has 25 heavy (non-hydrogen) atoms. The fraction of sp³-hybridized carbons (Fsp3) is 0.429. The van der Waals surface area contributed by atoms with Gasteiger partial charge in [0, 0.05) is 34.1 Å². The van der Waals surface area contributed by atoms with E-state index in [0.29, 0.717) is 12.8 Å². The number of hydrogen-bond donors (Lipinski definition) is 1. The summed E-state index contributed by atoms with van der Waals surface area (Å²) in [6, 6.07) is 12.2. The third-order valence-corrected chi connectivity index (χ3v) is 5.99. The van der Waals surface area contributed by atoms with Crippen LogP contribution >= 0.6 is 11.8 Å². The van der Waals surface area contributed by atoms with Crippen molar-refractivity contribution in [2.75, 3.05) is 5.32 Å². The van der Waals surface area contributed by atoms with Crippen LogP contribution in [-0.2, 0) is 11.2 Å². The molecule has 1 fully saturated rings. The normalized spacial score (nSPS) is 15.1. The fourth-order valence-corrected chi connectivity index (χ4v) is 4.57. The number of aromatic nitrogens is 1. The van der Waals surface area contributed by atoms with E-state index >= 15 is 0 Å². The Bertz CT molecular complexity index is 696. The largest absolute Gasteiger partial charge is 0.326 e. The molecule has 0 aliphatic heterocycles. The van der Waals surface area contributed by atoms with E-state index in [4.69, 9.17) is 0 Å². The van der Waals surface area contributed by atoms with Crippen molar-refractivity contribution in [2.24, 2.45) is 0 Å². The Labute approximate surface area is 154 Å². The van der Waals surface area contributed by atoms with Gasteiger partial charge in [0.2, 0.25) is 5.91 Å². The predicted molar refractivity (Wildman–Crippen MR) is 105 cm³/mol. The first-order valence-corrected chi connectivity index (χ1v) is 10.1. The van der Waals surface area contributed by atoms with Crippen LogP contribution in [0.3, 0.4) is 0 Å². The minimum absolute atomic E-state index is 0.0430. The van der Waals surface area contributed by atoms with Crippen molar-refractivity contribution in [2.45, 2.75) is 62.0 Å². The molecule has 0 bridgehead atoms. The maximum atomic E-state index is 12.2. The first-order chi connectivity index (χ1) is 12.2. The second kappa shape index (κ2) is 9.04. The van der Waals surface area contributed by atoms with Gasteiger partial charge in [0.15, 0.2) is 0 Å². The summed E-state index contributed by atoms with van der Waals surface area (Å²) in [5.41, 5.74) is 3.00. The number of anilines is 1. The monoisotopic (exact) mass is 354 g/mol. The summed E-state index contributed by atoms with van der Waals surface area (Å²) in [6.45, 7) is 2.07. The van der Waals surface area contributed by atoms with E-state index in [-0.39, 0.29) is 5.91 Å². The Morgan fingerprint density at radius 1 is 1.20 bits per heavy atom. The number of benzene rings is 1. The molecular weight excluding hydrogens is 328 g/mol. The number of carbonyl (C=O) groups is 1. The zero-order valence-corrected chi connectivity index (χ0v) is 15.6. The zero-order valence-electron chi connectivity index (χ0n) is 14.8. The molecule has 0 radical (unpaired) electrons. The molecular formula is C21H26N2OS. The molecule has 1 saturated carbocycles. The Balaban J connectivity index is 1.52. The SMILES string of the molecule is Cc1cc(SC2CCCCC2)ccc1NC(=O)CCc1ccccn1. The van der Waals surface area contributed by atoms with Crippen LogP contribution in [0.2, 0.25) is 0 Å². The quantitative estimate of drug-likeness (QED) is 0.756. The average molecular weight is 355 g/mol. The lowest BCUT2D eigenvalue weighted by Crippen LogP contribution is -2.13. The fourth-order valence-electron chi connectivity index (χ4n) is 3.23. The van der Waals surface area contributed by atoms with Crippen LogP contribution in [0.4, 0.5) is 5.69 Å². The van der Waals surface area contributed by atoms with E-state index in [2.05, 4.69) is 29.4 Å². The lowest BCUT2D eigenvalue weighted by atomic mass is 10.0. The Morgan fingerprint density at radius 3 is 2.76 bits per heavy atom. The number of nitrogens with one attached hydrogen (secondary N) is 1. The number of hydrogen-bond acceptors (Lipinski definition) is 3. The van der Waals surface area contributed by atoms with E-state index in [1.54, 1.807) is 6.20 Å². The molecule has 1 amide bonds. The number of nitrogens with zero attached hydrogens (tertiary/aromatic N) is 1. The first-order valence-electron chi connectivity index (χ1n) is 9.18. The molecule has 1 N–H and O–H groups in total. The second-order valence-corrected chi connectivity index (χ2v) is 8.10. The molecule has 1 aliphatic rings. The van der Waals surface area contributed by atoms with Gasteiger partial charge in [0.05, 0.1) is 0 Å². The highest BCUT2D eigenvalue weighted by atomic mass is 32.2. The average Bonchev–Trinajstić information content (AvgIpc) is 2.64. The molecule has 0 spiro atoms. The standard InChI is InChI=1S/C21H26N2OS/c1-16-15-19(25-18-8-3-2-4-9-18)11-12-20(16)23-21(24)13-10-17-7-5-6-14-22-17/h5-7,11-12,14-15,18H,2-4,8-10,13H2,1H3,(H,23,24). The van der Waals surface area contributed by atoms with E-state index in [0.717, 1.165) is 22.2 Å². The molecule has 1 aromatic carbocycles. The summed E-state index contributed by atoms with van der Waals surface area (Å²) in [5, 5.41) is 3.79. The van der Waals surface area contributed by atoms with Gasteiger partial charge in [0.25, 0.3) is 0 Å². The van der Waals surface area contributed by atoms with Gasteiger partial charge in [-0.15, -0.1) is 11.8 Å². The molecule has 132 valence electrons. The van der Waals surface area contributed by atoms with E-state index in [1.165, 1.54) is 37.0 Å². The van der Waals surface area contributed by atoms with E-state index in [1.807, 2.05) is 36.0 Å². The summed E-state index contributed by atoms with van der Waals surface area (Å²) in [7, 11) is 0. The number of rotatable bonds is 6. The number of thioether (sulfide) groups is 1. The molecule has 2 aromatic rings. The van der Waals surface area contributed by atoms with Gasteiger partial charge >= 0.3 is 0 Å². The topological polar surface area (TPSA) is 42.0 Å². The molecule has 1 aliphatic carbocycles. The van der Waals surface area contributed by atoms with Gasteiger partial charge in [-0.2, -0.15) is 0 Å². The third kappa shape index (κ3) is 5.60. The molecule has 0 saturated heterocycles. The Morgan fingerprint density at radius 2 is 2.04 bits per heavy atom. The van der Waals surface area contributed by atoms with Crippen LogP contribution in [0.25, 0.3) is 0 Å². The van der Waals surface area contributed by atoms with Gasteiger partial charge in [-0.05, 0) is 62.1 Å². The summed E-state index contributed by atoms with van der Waals surface area (Å²) >= 11 is 1.99. The van der Waals surface area contributed by atoms with Gasteiger partial charge < -0.3 is 5.32 Å². The molecule has 3 rings (SSSR count). The summed E-state index contributed by atoms with van der Waals surface area (Å²) < 4.78 is 0. The summed E-state index contributed by atoms with van der Waals surface area (Å²) in [5.74, 6) is 0.0430. The minimum atomic E-state index is 0.0430. The minimum Gasteiger partial charge on any atom is -0.326 e. The van der Waals surface area contributed by atoms with Gasteiger partial charge in [-0.3, -0.25) is 9.78 Å². The van der Waals surface area contributed by atoms with Crippen LogP contribution < -0.4 is 5.32 Å². The van der Waals surface area contributed by atoms with Crippen LogP contribution in [0.15, 0.2) is 47.5 Å². The highest BCUT2D eigenvalue weighted by molar-refractivity contribution is 8.00. The van der Waals surface area contributed by atoms with Gasteiger partial charge in [0.1, 0.15) is 0 Å². The summed E-state index contributed by atoms with van der Waals surface area (Å²) in [6.07, 6.45) is 9.66. The lowest BCUT2D eigenvalue weighted by Gasteiger charge is -2.21. The first kappa shape index (κ1) is 18.0. The Hall–Kier alpha value is -1.81. The van der Waals surface area contributed by atoms with Crippen molar-refractivity contribution >= 4 is 23.4 Å². The van der Waals surface area contributed by atoms with Crippen LogP contribution in [0.5, 0.6) is 0 Å². The number of pyridine rings is 1. The van der Waals surface area contributed by atoms with Crippen molar-refractivity contribution in [1.82, 2.24) is 4.98 Å². The zero-order chi connectivity index (χ0) is 17.5. The summed E-state index contributed by atoms with van der Waals surface area (Å²) in [4.78, 5) is 17.8. The number of carbonyl (C=O) groups excluding carboxylic acids is 1. The van der Waals surface area contributed by atoms with Crippen molar-refractivity contribution in [3.05, 3.63) is 53.9 Å². The van der Waals surface area contributed by atoms with Crippen molar-refractivity contribution in [1.29, 1.82) is 0 Å². The molecule has 0 atom stereocenters.